The fourth-order valence-electron chi connectivity index (χ4n) is 2.38. The van der Waals surface area contributed by atoms with Gasteiger partial charge in [0.1, 0.15) is 0 Å². The predicted molar refractivity (Wildman–Crippen MR) is 79.8 cm³/mol. The number of hydrogen-bond acceptors (Lipinski definition) is 4. The van der Waals surface area contributed by atoms with Crippen LogP contribution in [0.5, 0.6) is 0 Å². The summed E-state index contributed by atoms with van der Waals surface area (Å²) < 4.78 is 26.7. The Bertz CT molecular complexity index is 344. The van der Waals surface area contributed by atoms with Gasteiger partial charge in [-0.15, -0.1) is 0 Å². The molecule has 1 fully saturated rings. The van der Waals surface area contributed by atoms with Crippen LogP contribution in [-0.2, 0) is 10.0 Å². The van der Waals surface area contributed by atoms with Gasteiger partial charge in [-0.3, -0.25) is 0 Å². The van der Waals surface area contributed by atoms with Crippen molar-refractivity contribution in [3.05, 3.63) is 0 Å². The number of sulfonamides is 1. The van der Waals surface area contributed by atoms with Crippen LogP contribution in [-0.4, -0.2) is 57.8 Å². The summed E-state index contributed by atoms with van der Waals surface area (Å²) in [5.74, 6) is 0.243. The van der Waals surface area contributed by atoms with Crippen molar-refractivity contribution in [3.8, 4) is 0 Å². The molecule has 0 aromatic heterocycles. The molecule has 1 rings (SSSR count). The van der Waals surface area contributed by atoms with Crippen LogP contribution in [0.3, 0.4) is 0 Å². The Morgan fingerprint density at radius 1 is 1.32 bits per heavy atom. The van der Waals surface area contributed by atoms with Crippen LogP contribution in [0.1, 0.15) is 39.5 Å². The van der Waals surface area contributed by atoms with Crippen molar-refractivity contribution in [2.45, 2.75) is 51.6 Å². The molecule has 1 aliphatic rings. The van der Waals surface area contributed by atoms with E-state index in [4.69, 9.17) is 0 Å². The van der Waals surface area contributed by atoms with Crippen LogP contribution in [0, 0.1) is 0 Å². The van der Waals surface area contributed by atoms with Gasteiger partial charge in [0, 0.05) is 18.6 Å². The molecule has 0 radical (unpaired) electrons. The van der Waals surface area contributed by atoms with Gasteiger partial charge in [-0.2, -0.15) is 0 Å². The van der Waals surface area contributed by atoms with E-state index in [-0.39, 0.29) is 11.8 Å². The standard InChI is InChI=1S/C13H29N3O2S/c1-12(2)14-8-4-5-10-19(17,18)15-13-7-6-9-16(3)11-13/h12-15H,4-11H2,1-3H3. The summed E-state index contributed by atoms with van der Waals surface area (Å²) in [4.78, 5) is 2.18. The minimum atomic E-state index is -3.11. The Morgan fingerprint density at radius 2 is 2.05 bits per heavy atom. The van der Waals surface area contributed by atoms with Gasteiger partial charge in [-0.1, -0.05) is 13.8 Å². The lowest BCUT2D eigenvalue weighted by Gasteiger charge is -2.29. The molecule has 0 bridgehead atoms. The van der Waals surface area contributed by atoms with E-state index >= 15 is 0 Å². The zero-order valence-corrected chi connectivity index (χ0v) is 13.3. The van der Waals surface area contributed by atoms with E-state index in [1.165, 1.54) is 0 Å². The van der Waals surface area contributed by atoms with Gasteiger partial charge >= 0.3 is 0 Å². The third kappa shape index (κ3) is 7.87. The molecule has 114 valence electrons. The second-order valence-corrected chi connectivity index (χ2v) is 7.73. The lowest BCUT2D eigenvalue weighted by molar-refractivity contribution is 0.242. The summed E-state index contributed by atoms with van der Waals surface area (Å²) in [6.45, 7) is 6.97. The molecule has 5 nitrogen and oxygen atoms in total. The summed E-state index contributed by atoms with van der Waals surface area (Å²) in [5.41, 5.74) is 0. The number of nitrogens with one attached hydrogen (secondary N) is 2. The number of nitrogens with zero attached hydrogens (tertiary/aromatic N) is 1. The maximum atomic E-state index is 12.0. The molecule has 0 amide bonds. The Morgan fingerprint density at radius 3 is 2.68 bits per heavy atom. The lowest BCUT2D eigenvalue weighted by atomic mass is 10.1. The van der Waals surface area contributed by atoms with Crippen LogP contribution in [0.25, 0.3) is 0 Å². The Hall–Kier alpha value is -0.170. The van der Waals surface area contributed by atoms with Crippen LogP contribution in [0.4, 0.5) is 0 Å². The highest BCUT2D eigenvalue weighted by molar-refractivity contribution is 7.89. The zero-order chi connectivity index (χ0) is 14.3. The van der Waals surface area contributed by atoms with E-state index in [1.807, 2.05) is 7.05 Å². The van der Waals surface area contributed by atoms with Crippen molar-refractivity contribution >= 4 is 10.0 Å². The Balaban J connectivity index is 2.20. The predicted octanol–water partition coefficient (Wildman–Crippen LogP) is 0.778. The highest BCUT2D eigenvalue weighted by atomic mass is 32.2. The summed E-state index contributed by atoms with van der Waals surface area (Å²) in [6, 6.07) is 0.560. The van der Waals surface area contributed by atoms with Gasteiger partial charge in [-0.05, 0) is 45.8 Å². The lowest BCUT2D eigenvalue weighted by Crippen LogP contribution is -2.46. The molecule has 19 heavy (non-hydrogen) atoms. The van der Waals surface area contributed by atoms with Gasteiger partial charge in [0.25, 0.3) is 0 Å². The fourth-order valence-corrected chi connectivity index (χ4v) is 3.79. The van der Waals surface area contributed by atoms with Gasteiger partial charge in [0.15, 0.2) is 0 Å². The number of likely N-dealkylation sites (tertiary alicyclic amines) is 1. The van der Waals surface area contributed by atoms with E-state index in [0.29, 0.717) is 6.04 Å². The summed E-state index contributed by atoms with van der Waals surface area (Å²) in [5, 5.41) is 3.30. The molecular weight excluding hydrogens is 262 g/mol. The summed E-state index contributed by atoms with van der Waals surface area (Å²) in [6.07, 6.45) is 3.65. The minimum absolute atomic E-state index is 0.0949. The monoisotopic (exact) mass is 291 g/mol. The van der Waals surface area contributed by atoms with Crippen LogP contribution < -0.4 is 10.0 Å². The third-order valence-corrected chi connectivity index (χ3v) is 4.88. The third-order valence-electron chi connectivity index (χ3n) is 3.36. The van der Waals surface area contributed by atoms with Crippen LogP contribution in [0.15, 0.2) is 0 Å². The fraction of sp³-hybridized carbons (Fsp3) is 1.00. The van der Waals surface area contributed by atoms with E-state index in [0.717, 1.165) is 45.3 Å². The van der Waals surface area contributed by atoms with E-state index in [2.05, 4.69) is 28.8 Å². The first-order chi connectivity index (χ1) is 8.89. The average molecular weight is 291 g/mol. The summed E-state index contributed by atoms with van der Waals surface area (Å²) >= 11 is 0. The smallest absolute Gasteiger partial charge is 0.211 e. The van der Waals surface area contributed by atoms with E-state index < -0.39 is 10.0 Å². The van der Waals surface area contributed by atoms with E-state index in [9.17, 15) is 8.42 Å². The highest BCUT2D eigenvalue weighted by Gasteiger charge is 2.21. The Kier molecular flexibility index (Phi) is 7.28. The zero-order valence-electron chi connectivity index (χ0n) is 12.5. The number of likely N-dealkylation sites (N-methyl/N-ethyl adjacent to an activating group) is 1. The largest absolute Gasteiger partial charge is 0.315 e. The molecule has 0 saturated carbocycles. The normalized spacial score (nSPS) is 22.0. The van der Waals surface area contributed by atoms with E-state index in [1.54, 1.807) is 0 Å². The number of piperidine rings is 1. The number of rotatable bonds is 8. The molecule has 1 heterocycles. The van der Waals surface area contributed by atoms with Gasteiger partial charge in [-0.25, -0.2) is 13.1 Å². The maximum absolute atomic E-state index is 12.0. The molecule has 1 atom stereocenters. The molecule has 6 heteroatoms. The summed E-state index contributed by atoms with van der Waals surface area (Å²) in [7, 11) is -1.07. The molecule has 0 aromatic rings. The highest BCUT2D eigenvalue weighted by Crippen LogP contribution is 2.09. The van der Waals surface area contributed by atoms with Gasteiger partial charge in [0.05, 0.1) is 5.75 Å². The van der Waals surface area contributed by atoms with Crippen molar-refractivity contribution in [2.24, 2.45) is 0 Å². The molecule has 1 unspecified atom stereocenters. The molecule has 1 aliphatic heterocycles. The van der Waals surface area contributed by atoms with Crippen molar-refractivity contribution in [3.63, 3.8) is 0 Å². The molecule has 0 aliphatic carbocycles. The van der Waals surface area contributed by atoms with Crippen molar-refractivity contribution in [1.82, 2.24) is 14.9 Å². The first-order valence-electron chi connectivity index (χ1n) is 7.31. The average Bonchev–Trinajstić information content (AvgIpc) is 2.27. The quantitative estimate of drug-likeness (QED) is 0.649. The SMILES string of the molecule is CC(C)NCCCCS(=O)(=O)NC1CCCN(C)C1. The molecule has 1 saturated heterocycles. The molecule has 2 N–H and O–H groups in total. The van der Waals surface area contributed by atoms with Crippen LogP contribution in [0.2, 0.25) is 0 Å². The minimum Gasteiger partial charge on any atom is -0.315 e. The second kappa shape index (κ2) is 8.19. The second-order valence-electron chi connectivity index (χ2n) is 5.85. The van der Waals surface area contributed by atoms with Crippen molar-refractivity contribution in [1.29, 1.82) is 0 Å². The van der Waals surface area contributed by atoms with Crippen LogP contribution >= 0.6 is 0 Å². The maximum Gasteiger partial charge on any atom is 0.211 e. The number of hydrogen-bond donors (Lipinski definition) is 2. The Labute approximate surface area is 118 Å². The van der Waals surface area contributed by atoms with Gasteiger partial charge < -0.3 is 10.2 Å². The van der Waals surface area contributed by atoms with Gasteiger partial charge in [0.2, 0.25) is 10.0 Å². The first-order valence-corrected chi connectivity index (χ1v) is 8.96. The molecule has 0 spiro atoms. The van der Waals surface area contributed by atoms with Crippen molar-refractivity contribution in [2.75, 3.05) is 32.4 Å². The van der Waals surface area contributed by atoms with Crippen molar-refractivity contribution < 1.29 is 8.42 Å². The molecular formula is C13H29N3O2S. The first kappa shape index (κ1) is 16.9. The topological polar surface area (TPSA) is 61.4 Å². The molecule has 0 aromatic carbocycles. The number of unbranched alkanes of at least 4 members (excludes halogenated alkanes) is 1.